The molecule has 1 unspecified atom stereocenters. The predicted octanol–water partition coefficient (Wildman–Crippen LogP) is 5.13. The standard InChI is InChI=1S/C25H34N4/c1-5-6-11-23-18(2)9-7-12-24(23)19(3)28-20(4)26-17-15-22-14-13-21-10-8-16-27-25(21)29-22/h6-7,9,11-14,19,26,28H,4-5,8,10,15-17H2,1-3H3,(H,27,29)/b11-6-. The third-order valence-electron chi connectivity index (χ3n) is 5.41. The number of hydrogen-bond donors (Lipinski definition) is 3. The first-order valence-electron chi connectivity index (χ1n) is 10.8. The Bertz CT molecular complexity index is 869. The highest BCUT2D eigenvalue weighted by Gasteiger charge is 2.12. The summed E-state index contributed by atoms with van der Waals surface area (Å²) in [5.74, 6) is 1.91. The van der Waals surface area contributed by atoms with Crippen LogP contribution in [-0.4, -0.2) is 18.1 Å². The Hall–Kier alpha value is -2.75. The molecule has 0 saturated heterocycles. The average molecular weight is 391 g/mol. The van der Waals surface area contributed by atoms with Gasteiger partial charge in [0.2, 0.25) is 0 Å². The van der Waals surface area contributed by atoms with Crippen molar-refractivity contribution in [2.45, 2.75) is 52.5 Å². The van der Waals surface area contributed by atoms with Crippen LogP contribution in [0.15, 0.2) is 48.8 Å². The second-order valence-corrected chi connectivity index (χ2v) is 7.75. The van der Waals surface area contributed by atoms with Crippen molar-refractivity contribution < 1.29 is 0 Å². The fourth-order valence-corrected chi connectivity index (χ4v) is 3.78. The van der Waals surface area contributed by atoms with E-state index in [1.54, 1.807) is 0 Å². The quantitative estimate of drug-likeness (QED) is 0.556. The van der Waals surface area contributed by atoms with Gasteiger partial charge in [-0.15, -0.1) is 0 Å². The molecule has 2 aromatic rings. The number of aromatic nitrogens is 1. The summed E-state index contributed by atoms with van der Waals surface area (Å²) in [7, 11) is 0. The van der Waals surface area contributed by atoms with E-state index < -0.39 is 0 Å². The van der Waals surface area contributed by atoms with Gasteiger partial charge < -0.3 is 16.0 Å². The van der Waals surface area contributed by atoms with E-state index in [0.29, 0.717) is 0 Å². The first kappa shape index (κ1) is 21.0. The Morgan fingerprint density at radius 1 is 1.31 bits per heavy atom. The van der Waals surface area contributed by atoms with Gasteiger partial charge in [0, 0.05) is 25.2 Å². The number of nitrogens with one attached hydrogen (secondary N) is 3. The molecule has 154 valence electrons. The van der Waals surface area contributed by atoms with Gasteiger partial charge in [-0.05, 0) is 61.4 Å². The third kappa shape index (κ3) is 5.63. The number of hydrogen-bond acceptors (Lipinski definition) is 4. The lowest BCUT2D eigenvalue weighted by atomic mass is 9.96. The van der Waals surface area contributed by atoms with E-state index >= 15 is 0 Å². The maximum Gasteiger partial charge on any atom is 0.129 e. The highest BCUT2D eigenvalue weighted by Crippen LogP contribution is 2.23. The summed E-state index contributed by atoms with van der Waals surface area (Å²) >= 11 is 0. The summed E-state index contributed by atoms with van der Waals surface area (Å²) in [5, 5.41) is 10.3. The number of nitrogens with zero attached hydrogens (tertiary/aromatic N) is 1. The second kappa shape index (κ2) is 10.1. The number of rotatable bonds is 9. The van der Waals surface area contributed by atoms with Gasteiger partial charge in [-0.2, -0.15) is 0 Å². The summed E-state index contributed by atoms with van der Waals surface area (Å²) in [4.78, 5) is 4.76. The van der Waals surface area contributed by atoms with Gasteiger partial charge in [-0.1, -0.05) is 49.9 Å². The number of pyridine rings is 1. The van der Waals surface area contributed by atoms with Crippen molar-refractivity contribution >= 4 is 11.9 Å². The van der Waals surface area contributed by atoms with Crippen molar-refractivity contribution in [2.75, 3.05) is 18.4 Å². The molecule has 29 heavy (non-hydrogen) atoms. The molecule has 3 rings (SSSR count). The molecule has 1 aliphatic heterocycles. The van der Waals surface area contributed by atoms with Gasteiger partial charge in [0.15, 0.2) is 0 Å². The summed E-state index contributed by atoms with van der Waals surface area (Å²) in [6, 6.07) is 11.0. The monoisotopic (exact) mass is 390 g/mol. The molecule has 1 aromatic carbocycles. The van der Waals surface area contributed by atoms with E-state index in [1.165, 1.54) is 28.7 Å². The number of fused-ring (bicyclic) bond motifs is 1. The maximum atomic E-state index is 4.76. The van der Waals surface area contributed by atoms with Gasteiger partial charge in [0.25, 0.3) is 0 Å². The van der Waals surface area contributed by atoms with Crippen LogP contribution in [0, 0.1) is 6.92 Å². The molecule has 1 aromatic heterocycles. The first-order chi connectivity index (χ1) is 14.1. The Morgan fingerprint density at radius 2 is 2.17 bits per heavy atom. The zero-order valence-corrected chi connectivity index (χ0v) is 18.0. The molecule has 0 fully saturated rings. The Morgan fingerprint density at radius 3 is 3.00 bits per heavy atom. The molecule has 0 bridgehead atoms. The minimum Gasteiger partial charge on any atom is -0.372 e. The molecule has 0 spiro atoms. The second-order valence-electron chi connectivity index (χ2n) is 7.75. The molecule has 0 aliphatic carbocycles. The Balaban J connectivity index is 1.53. The number of allylic oxidation sites excluding steroid dienone is 1. The predicted molar refractivity (Wildman–Crippen MR) is 124 cm³/mol. The smallest absolute Gasteiger partial charge is 0.129 e. The summed E-state index contributed by atoms with van der Waals surface area (Å²) in [6.07, 6.45) is 8.67. The van der Waals surface area contributed by atoms with Crippen LogP contribution in [0.1, 0.15) is 60.7 Å². The lowest BCUT2D eigenvalue weighted by Crippen LogP contribution is -2.29. The largest absolute Gasteiger partial charge is 0.372 e. The minimum atomic E-state index is 0.178. The fourth-order valence-electron chi connectivity index (χ4n) is 3.78. The fraction of sp³-hybridized carbons (Fsp3) is 0.400. The molecule has 1 atom stereocenters. The van der Waals surface area contributed by atoms with Crippen LogP contribution in [0.5, 0.6) is 0 Å². The van der Waals surface area contributed by atoms with Crippen molar-refractivity contribution in [3.63, 3.8) is 0 Å². The highest BCUT2D eigenvalue weighted by atomic mass is 15.1. The van der Waals surface area contributed by atoms with Crippen molar-refractivity contribution in [3.8, 4) is 0 Å². The molecule has 0 amide bonds. The van der Waals surface area contributed by atoms with Crippen LogP contribution in [0.3, 0.4) is 0 Å². The molecule has 2 heterocycles. The zero-order chi connectivity index (χ0) is 20.6. The molecule has 3 N–H and O–H groups in total. The van der Waals surface area contributed by atoms with Gasteiger partial charge in [-0.3, -0.25) is 0 Å². The average Bonchev–Trinajstić information content (AvgIpc) is 2.72. The first-order valence-corrected chi connectivity index (χ1v) is 10.8. The summed E-state index contributed by atoms with van der Waals surface area (Å²) in [6.45, 7) is 12.5. The van der Waals surface area contributed by atoms with Crippen LogP contribution >= 0.6 is 0 Å². The molecule has 4 nitrogen and oxygen atoms in total. The van der Waals surface area contributed by atoms with E-state index in [4.69, 9.17) is 4.98 Å². The van der Waals surface area contributed by atoms with Crippen LogP contribution in [0.25, 0.3) is 6.08 Å². The lowest BCUT2D eigenvalue weighted by Gasteiger charge is -2.21. The van der Waals surface area contributed by atoms with Gasteiger partial charge in [-0.25, -0.2) is 4.98 Å². The van der Waals surface area contributed by atoms with Crippen molar-refractivity contribution in [1.29, 1.82) is 0 Å². The van der Waals surface area contributed by atoms with Crippen LogP contribution in [-0.2, 0) is 12.8 Å². The molecule has 0 saturated carbocycles. The summed E-state index contributed by atoms with van der Waals surface area (Å²) in [5.41, 5.74) is 6.33. The summed E-state index contributed by atoms with van der Waals surface area (Å²) < 4.78 is 0. The van der Waals surface area contributed by atoms with Crippen LogP contribution in [0.2, 0.25) is 0 Å². The van der Waals surface area contributed by atoms with E-state index in [9.17, 15) is 0 Å². The SMILES string of the molecule is C=C(NCCc1ccc2c(n1)NCCC2)NC(C)c1cccc(C)c1/C=C\CC. The van der Waals surface area contributed by atoms with Crippen LogP contribution < -0.4 is 16.0 Å². The van der Waals surface area contributed by atoms with Gasteiger partial charge in [0.1, 0.15) is 5.82 Å². The zero-order valence-electron chi connectivity index (χ0n) is 18.0. The topological polar surface area (TPSA) is 49.0 Å². The Labute approximate surface area is 175 Å². The molecular formula is C25H34N4. The van der Waals surface area contributed by atoms with E-state index in [1.807, 2.05) is 0 Å². The Kier molecular flexibility index (Phi) is 7.34. The van der Waals surface area contributed by atoms with Gasteiger partial charge >= 0.3 is 0 Å². The number of anilines is 1. The third-order valence-corrected chi connectivity index (χ3v) is 5.41. The van der Waals surface area contributed by atoms with Crippen LogP contribution in [0.4, 0.5) is 5.82 Å². The molecule has 1 aliphatic rings. The van der Waals surface area contributed by atoms with Crippen molar-refractivity contribution in [1.82, 2.24) is 15.6 Å². The number of benzene rings is 1. The van der Waals surface area contributed by atoms with E-state index in [2.05, 4.69) is 85.8 Å². The minimum absolute atomic E-state index is 0.178. The maximum absolute atomic E-state index is 4.76. The van der Waals surface area contributed by atoms with Crippen molar-refractivity contribution in [3.05, 3.63) is 76.8 Å². The molecule has 4 heteroatoms. The molecular weight excluding hydrogens is 356 g/mol. The molecule has 0 radical (unpaired) electrons. The van der Waals surface area contributed by atoms with Gasteiger partial charge in [0.05, 0.1) is 11.9 Å². The van der Waals surface area contributed by atoms with E-state index in [-0.39, 0.29) is 6.04 Å². The lowest BCUT2D eigenvalue weighted by molar-refractivity contribution is 0.596. The van der Waals surface area contributed by atoms with E-state index in [0.717, 1.165) is 49.7 Å². The highest BCUT2D eigenvalue weighted by molar-refractivity contribution is 5.58. The normalized spacial score (nSPS) is 14.2. The number of aryl methyl sites for hydroxylation is 2. The van der Waals surface area contributed by atoms with Crippen molar-refractivity contribution in [2.24, 2.45) is 0 Å².